The summed E-state index contributed by atoms with van der Waals surface area (Å²) in [5, 5.41) is 1.63. The third-order valence-corrected chi connectivity index (χ3v) is 2.35. The molecule has 0 saturated heterocycles. The summed E-state index contributed by atoms with van der Waals surface area (Å²) in [6.45, 7) is 0. The van der Waals surface area contributed by atoms with Crippen LogP contribution in [0.1, 0.15) is 0 Å². The smallest absolute Gasteiger partial charge is 0.116 e. The summed E-state index contributed by atoms with van der Waals surface area (Å²) in [6, 6.07) is 3.65. The van der Waals surface area contributed by atoms with E-state index in [9.17, 15) is 0 Å². The molecule has 1 aromatic carbocycles. The maximum absolute atomic E-state index is 5.84. The topological polar surface area (TPSA) is 25.8 Å². The molecule has 0 atom stereocenters. The van der Waals surface area contributed by atoms with E-state index in [1.165, 1.54) is 6.33 Å². The number of aromatic nitrogens is 2. The van der Waals surface area contributed by atoms with Gasteiger partial charge in [-0.2, -0.15) is 0 Å². The zero-order chi connectivity index (χ0) is 8.55. The molecule has 0 aliphatic heterocycles. The number of fused-ring (bicyclic) bond motifs is 1. The molecule has 12 heavy (non-hydrogen) atoms. The number of halogens is 2. The van der Waals surface area contributed by atoms with Crippen LogP contribution in [0.25, 0.3) is 10.9 Å². The van der Waals surface area contributed by atoms with Crippen LogP contribution in [0.3, 0.4) is 0 Å². The van der Waals surface area contributed by atoms with Crippen molar-refractivity contribution < 1.29 is 0 Å². The minimum Gasteiger partial charge on any atom is -0.244 e. The maximum atomic E-state index is 5.84. The largest absolute Gasteiger partial charge is 0.244 e. The third-order valence-electron chi connectivity index (χ3n) is 1.52. The fourth-order valence-electron chi connectivity index (χ4n) is 1.03. The molecule has 0 aliphatic carbocycles. The Morgan fingerprint density at radius 2 is 2.17 bits per heavy atom. The van der Waals surface area contributed by atoms with Gasteiger partial charge in [0, 0.05) is 21.1 Å². The van der Waals surface area contributed by atoms with Gasteiger partial charge in [0.05, 0.1) is 5.52 Å². The molecular weight excluding hydrogens is 239 g/mol. The summed E-state index contributed by atoms with van der Waals surface area (Å²) in [6.07, 6.45) is 3.25. The monoisotopic (exact) mass is 242 g/mol. The Balaban J connectivity index is 2.89. The first-order chi connectivity index (χ1) is 5.77. The van der Waals surface area contributed by atoms with Crippen LogP contribution in [0.15, 0.2) is 29.1 Å². The lowest BCUT2D eigenvalue weighted by molar-refractivity contribution is 1.22. The van der Waals surface area contributed by atoms with Gasteiger partial charge in [0.1, 0.15) is 6.33 Å². The third kappa shape index (κ3) is 1.30. The van der Waals surface area contributed by atoms with Crippen LogP contribution < -0.4 is 0 Å². The molecule has 0 radical (unpaired) electrons. The molecule has 0 spiro atoms. The van der Waals surface area contributed by atoms with Crippen molar-refractivity contribution in [2.45, 2.75) is 0 Å². The van der Waals surface area contributed by atoms with E-state index in [0.29, 0.717) is 5.02 Å². The number of hydrogen-bond acceptors (Lipinski definition) is 2. The molecule has 4 heteroatoms. The molecule has 0 saturated carbocycles. The number of hydrogen-bond donors (Lipinski definition) is 0. The highest BCUT2D eigenvalue weighted by molar-refractivity contribution is 9.10. The van der Waals surface area contributed by atoms with Crippen LogP contribution in [0.2, 0.25) is 5.02 Å². The molecular formula is C8H4BrClN2. The number of benzene rings is 1. The van der Waals surface area contributed by atoms with Crippen molar-refractivity contribution in [2.75, 3.05) is 0 Å². The molecule has 2 rings (SSSR count). The molecule has 0 aliphatic rings. The summed E-state index contributed by atoms with van der Waals surface area (Å²) >= 11 is 9.21. The summed E-state index contributed by atoms with van der Waals surface area (Å²) in [5.74, 6) is 0. The van der Waals surface area contributed by atoms with E-state index in [1.54, 1.807) is 6.20 Å². The molecule has 1 heterocycles. The zero-order valence-electron chi connectivity index (χ0n) is 5.96. The van der Waals surface area contributed by atoms with Gasteiger partial charge in [-0.05, 0) is 28.1 Å². The van der Waals surface area contributed by atoms with Gasteiger partial charge in [0.2, 0.25) is 0 Å². The highest BCUT2D eigenvalue weighted by Crippen LogP contribution is 2.25. The van der Waals surface area contributed by atoms with Gasteiger partial charge in [-0.3, -0.25) is 0 Å². The van der Waals surface area contributed by atoms with Crippen molar-refractivity contribution in [1.82, 2.24) is 9.97 Å². The molecule has 1 aromatic heterocycles. The van der Waals surface area contributed by atoms with Crippen LogP contribution in [-0.2, 0) is 0 Å². The van der Waals surface area contributed by atoms with Crippen molar-refractivity contribution in [3.8, 4) is 0 Å². The molecule has 2 nitrogen and oxygen atoms in total. The second-order valence-corrected chi connectivity index (χ2v) is 3.64. The van der Waals surface area contributed by atoms with Crippen LogP contribution in [0, 0.1) is 0 Å². The van der Waals surface area contributed by atoms with Gasteiger partial charge in [-0.25, -0.2) is 9.97 Å². The van der Waals surface area contributed by atoms with Crippen LogP contribution in [0.5, 0.6) is 0 Å². The Kier molecular flexibility index (Phi) is 1.98. The summed E-state index contributed by atoms with van der Waals surface area (Å²) in [5.41, 5.74) is 0.884. The highest BCUT2D eigenvalue weighted by atomic mass is 79.9. The zero-order valence-corrected chi connectivity index (χ0v) is 8.30. The maximum Gasteiger partial charge on any atom is 0.116 e. The van der Waals surface area contributed by atoms with Crippen molar-refractivity contribution in [2.24, 2.45) is 0 Å². The number of nitrogens with zero attached hydrogens (tertiary/aromatic N) is 2. The Labute approximate surface area is 82.7 Å². The highest BCUT2D eigenvalue weighted by Gasteiger charge is 2.00. The first kappa shape index (κ1) is 7.95. The normalized spacial score (nSPS) is 10.5. The van der Waals surface area contributed by atoms with Crippen molar-refractivity contribution in [1.29, 1.82) is 0 Å². The van der Waals surface area contributed by atoms with Gasteiger partial charge in [0.25, 0.3) is 0 Å². The average Bonchev–Trinajstić information content (AvgIpc) is 2.04. The predicted octanol–water partition coefficient (Wildman–Crippen LogP) is 3.05. The Morgan fingerprint density at radius 1 is 1.33 bits per heavy atom. The fourth-order valence-corrected chi connectivity index (χ4v) is 1.96. The standard InChI is InChI=1S/C8H4BrClN2/c9-7-2-6(10)1-5-3-11-4-12-8(5)7/h1-4H. The SMILES string of the molecule is Clc1cc(Br)c2ncncc2c1. The Hall–Kier alpha value is -0.670. The summed E-state index contributed by atoms with van der Waals surface area (Å²) in [7, 11) is 0. The van der Waals surface area contributed by atoms with E-state index in [1.807, 2.05) is 12.1 Å². The van der Waals surface area contributed by atoms with E-state index < -0.39 is 0 Å². The fraction of sp³-hybridized carbons (Fsp3) is 0. The molecule has 0 amide bonds. The Morgan fingerprint density at radius 3 is 3.00 bits per heavy atom. The lowest BCUT2D eigenvalue weighted by Crippen LogP contribution is -1.81. The summed E-state index contributed by atoms with van der Waals surface area (Å²) < 4.78 is 0.896. The molecule has 0 bridgehead atoms. The minimum atomic E-state index is 0.684. The molecule has 0 N–H and O–H groups in total. The predicted molar refractivity (Wildman–Crippen MR) is 52.2 cm³/mol. The lowest BCUT2D eigenvalue weighted by Gasteiger charge is -1.98. The van der Waals surface area contributed by atoms with Gasteiger partial charge in [0.15, 0.2) is 0 Å². The van der Waals surface area contributed by atoms with E-state index in [2.05, 4.69) is 25.9 Å². The Bertz CT molecular complexity index is 430. The average molecular weight is 243 g/mol. The second kappa shape index (κ2) is 2.99. The van der Waals surface area contributed by atoms with Crippen LogP contribution >= 0.6 is 27.5 Å². The van der Waals surface area contributed by atoms with Gasteiger partial charge < -0.3 is 0 Å². The molecule has 0 fully saturated rings. The molecule has 0 unspecified atom stereocenters. The minimum absolute atomic E-state index is 0.684. The van der Waals surface area contributed by atoms with Gasteiger partial charge >= 0.3 is 0 Å². The van der Waals surface area contributed by atoms with E-state index in [0.717, 1.165) is 15.4 Å². The summed E-state index contributed by atoms with van der Waals surface area (Å²) in [4.78, 5) is 8.01. The number of rotatable bonds is 0. The quantitative estimate of drug-likeness (QED) is 0.711. The lowest BCUT2D eigenvalue weighted by atomic mass is 10.2. The van der Waals surface area contributed by atoms with Crippen LogP contribution in [0.4, 0.5) is 0 Å². The van der Waals surface area contributed by atoms with Crippen molar-refractivity contribution in [3.63, 3.8) is 0 Å². The molecule has 2 aromatic rings. The first-order valence-electron chi connectivity index (χ1n) is 3.32. The van der Waals surface area contributed by atoms with E-state index in [4.69, 9.17) is 11.6 Å². The van der Waals surface area contributed by atoms with Gasteiger partial charge in [-0.15, -0.1) is 0 Å². The first-order valence-corrected chi connectivity index (χ1v) is 4.49. The van der Waals surface area contributed by atoms with Crippen LogP contribution in [-0.4, -0.2) is 9.97 Å². The van der Waals surface area contributed by atoms with E-state index in [-0.39, 0.29) is 0 Å². The van der Waals surface area contributed by atoms with Crippen molar-refractivity contribution in [3.05, 3.63) is 34.2 Å². The van der Waals surface area contributed by atoms with Crippen molar-refractivity contribution >= 4 is 38.4 Å². The van der Waals surface area contributed by atoms with E-state index >= 15 is 0 Å². The second-order valence-electron chi connectivity index (χ2n) is 2.35. The molecule has 60 valence electrons. The van der Waals surface area contributed by atoms with Gasteiger partial charge in [-0.1, -0.05) is 11.6 Å².